The first-order valence-corrected chi connectivity index (χ1v) is 5.13. The third-order valence-corrected chi connectivity index (χ3v) is 1.88. The number of aldehydes is 1. The molecule has 16 heavy (non-hydrogen) atoms. The monoisotopic (exact) mass is 220 g/mol. The molecule has 0 bridgehead atoms. The van der Waals surface area contributed by atoms with Gasteiger partial charge in [0.1, 0.15) is 12.4 Å². The van der Waals surface area contributed by atoms with Gasteiger partial charge in [0.2, 0.25) is 0 Å². The van der Waals surface area contributed by atoms with Gasteiger partial charge in [-0.3, -0.25) is 4.79 Å². The first-order valence-electron chi connectivity index (χ1n) is 5.13. The Morgan fingerprint density at radius 3 is 2.81 bits per heavy atom. The van der Waals surface area contributed by atoms with Gasteiger partial charge in [-0.2, -0.15) is 0 Å². The van der Waals surface area contributed by atoms with Crippen molar-refractivity contribution >= 4 is 6.29 Å². The fourth-order valence-corrected chi connectivity index (χ4v) is 1.17. The van der Waals surface area contributed by atoms with E-state index in [4.69, 9.17) is 9.47 Å². The van der Waals surface area contributed by atoms with Gasteiger partial charge in [-0.1, -0.05) is 24.3 Å². The molecule has 0 amide bonds. The van der Waals surface area contributed by atoms with Gasteiger partial charge in [0, 0.05) is 0 Å². The van der Waals surface area contributed by atoms with Gasteiger partial charge in [0.15, 0.2) is 6.29 Å². The molecule has 0 unspecified atom stereocenters. The van der Waals surface area contributed by atoms with E-state index in [0.29, 0.717) is 31.1 Å². The molecule has 0 fully saturated rings. The summed E-state index contributed by atoms with van der Waals surface area (Å²) >= 11 is 0. The van der Waals surface area contributed by atoms with Gasteiger partial charge in [-0.05, 0) is 19.1 Å². The molecule has 3 heteroatoms. The molecule has 0 aliphatic rings. The lowest BCUT2D eigenvalue weighted by atomic mass is 10.2. The highest BCUT2D eigenvalue weighted by atomic mass is 16.5. The standard InChI is InChI=1S/C13H16O3/c1-11(2)10-15-7-8-16-13-6-4-3-5-12(13)9-14/h3-6,9H,1,7-8,10H2,2H3. The van der Waals surface area contributed by atoms with Crippen molar-refractivity contribution in [2.24, 2.45) is 0 Å². The van der Waals surface area contributed by atoms with Crippen molar-refractivity contribution in [2.75, 3.05) is 19.8 Å². The van der Waals surface area contributed by atoms with Crippen molar-refractivity contribution in [2.45, 2.75) is 6.92 Å². The van der Waals surface area contributed by atoms with Crippen molar-refractivity contribution < 1.29 is 14.3 Å². The van der Waals surface area contributed by atoms with Crippen LogP contribution in [0.2, 0.25) is 0 Å². The van der Waals surface area contributed by atoms with Crippen LogP contribution in [0.1, 0.15) is 17.3 Å². The average Bonchev–Trinajstić information content (AvgIpc) is 2.29. The highest BCUT2D eigenvalue weighted by Crippen LogP contribution is 2.15. The second-order valence-corrected chi connectivity index (χ2v) is 3.51. The van der Waals surface area contributed by atoms with Crippen LogP contribution in [0.4, 0.5) is 0 Å². The summed E-state index contributed by atoms with van der Waals surface area (Å²) in [5, 5.41) is 0. The predicted molar refractivity (Wildman–Crippen MR) is 63.0 cm³/mol. The number of carbonyl (C=O) groups is 1. The van der Waals surface area contributed by atoms with Crippen LogP contribution in [0.25, 0.3) is 0 Å². The Labute approximate surface area is 95.7 Å². The summed E-state index contributed by atoms with van der Waals surface area (Å²) in [6, 6.07) is 7.12. The van der Waals surface area contributed by atoms with E-state index in [2.05, 4.69) is 6.58 Å². The van der Waals surface area contributed by atoms with Crippen LogP contribution in [0.5, 0.6) is 5.75 Å². The van der Waals surface area contributed by atoms with Crippen LogP contribution < -0.4 is 4.74 Å². The van der Waals surface area contributed by atoms with Crippen molar-refractivity contribution in [1.82, 2.24) is 0 Å². The molecule has 0 saturated heterocycles. The van der Waals surface area contributed by atoms with Gasteiger partial charge in [-0.15, -0.1) is 0 Å². The molecule has 0 heterocycles. The second kappa shape index (κ2) is 6.80. The van der Waals surface area contributed by atoms with E-state index in [-0.39, 0.29) is 0 Å². The van der Waals surface area contributed by atoms with E-state index in [9.17, 15) is 4.79 Å². The Morgan fingerprint density at radius 2 is 2.12 bits per heavy atom. The zero-order valence-electron chi connectivity index (χ0n) is 9.44. The summed E-state index contributed by atoms with van der Waals surface area (Å²) in [5.41, 5.74) is 1.54. The summed E-state index contributed by atoms with van der Waals surface area (Å²) in [6.07, 6.45) is 0.782. The molecular weight excluding hydrogens is 204 g/mol. The topological polar surface area (TPSA) is 35.5 Å². The normalized spacial score (nSPS) is 9.81. The van der Waals surface area contributed by atoms with E-state index in [1.165, 1.54) is 0 Å². The van der Waals surface area contributed by atoms with E-state index in [1.807, 2.05) is 13.0 Å². The predicted octanol–water partition coefficient (Wildman–Crippen LogP) is 2.47. The zero-order chi connectivity index (χ0) is 11.8. The minimum absolute atomic E-state index is 0.429. The van der Waals surface area contributed by atoms with Crippen LogP contribution in [0.15, 0.2) is 36.4 Å². The molecule has 0 aromatic heterocycles. The first-order chi connectivity index (χ1) is 7.74. The maximum Gasteiger partial charge on any atom is 0.153 e. The Balaban J connectivity index is 2.31. The highest BCUT2D eigenvalue weighted by molar-refractivity contribution is 5.79. The average molecular weight is 220 g/mol. The SMILES string of the molecule is C=C(C)COCCOc1ccccc1C=O. The molecule has 0 atom stereocenters. The highest BCUT2D eigenvalue weighted by Gasteiger charge is 2.00. The lowest BCUT2D eigenvalue weighted by Crippen LogP contribution is -2.08. The first kappa shape index (κ1) is 12.5. The zero-order valence-corrected chi connectivity index (χ0v) is 9.44. The molecule has 1 aromatic carbocycles. The molecule has 0 N–H and O–H groups in total. The summed E-state index contributed by atoms with van der Waals surface area (Å²) in [5.74, 6) is 0.594. The van der Waals surface area contributed by atoms with Crippen molar-refractivity contribution in [1.29, 1.82) is 0 Å². The van der Waals surface area contributed by atoms with Gasteiger partial charge in [0.25, 0.3) is 0 Å². The van der Waals surface area contributed by atoms with Crippen LogP contribution in [-0.4, -0.2) is 26.1 Å². The molecule has 0 aliphatic carbocycles. The molecule has 0 radical (unpaired) electrons. The molecule has 1 aromatic rings. The Bertz CT molecular complexity index is 358. The third-order valence-electron chi connectivity index (χ3n) is 1.88. The molecule has 3 nitrogen and oxygen atoms in total. The van der Waals surface area contributed by atoms with E-state index >= 15 is 0 Å². The minimum atomic E-state index is 0.429. The lowest BCUT2D eigenvalue weighted by molar-refractivity contribution is 0.109. The fourth-order valence-electron chi connectivity index (χ4n) is 1.17. The minimum Gasteiger partial charge on any atom is -0.490 e. The molecule has 1 rings (SSSR count). The van der Waals surface area contributed by atoms with Crippen LogP contribution in [0.3, 0.4) is 0 Å². The van der Waals surface area contributed by atoms with Gasteiger partial charge in [-0.25, -0.2) is 0 Å². The molecule has 0 aliphatic heterocycles. The molecule has 0 spiro atoms. The number of carbonyl (C=O) groups excluding carboxylic acids is 1. The largest absolute Gasteiger partial charge is 0.490 e. The third kappa shape index (κ3) is 4.28. The van der Waals surface area contributed by atoms with E-state index < -0.39 is 0 Å². The molecule has 0 saturated carbocycles. The van der Waals surface area contributed by atoms with Gasteiger partial charge >= 0.3 is 0 Å². The lowest BCUT2D eigenvalue weighted by Gasteiger charge is -2.08. The summed E-state index contributed by atoms with van der Waals surface area (Å²) in [4.78, 5) is 10.7. The maximum atomic E-state index is 10.7. The summed E-state index contributed by atoms with van der Waals surface area (Å²) < 4.78 is 10.7. The Morgan fingerprint density at radius 1 is 1.38 bits per heavy atom. The van der Waals surface area contributed by atoms with E-state index in [1.54, 1.807) is 18.2 Å². The van der Waals surface area contributed by atoms with Crippen molar-refractivity contribution in [3.8, 4) is 5.75 Å². The number of benzene rings is 1. The molecule has 86 valence electrons. The van der Waals surface area contributed by atoms with E-state index in [0.717, 1.165) is 11.9 Å². The van der Waals surface area contributed by atoms with Crippen LogP contribution >= 0.6 is 0 Å². The number of para-hydroxylation sites is 1. The number of ether oxygens (including phenoxy) is 2. The summed E-state index contributed by atoms with van der Waals surface area (Å²) in [7, 11) is 0. The quantitative estimate of drug-likeness (QED) is 0.402. The Kier molecular flexibility index (Phi) is 5.29. The van der Waals surface area contributed by atoms with Crippen LogP contribution in [0, 0.1) is 0 Å². The van der Waals surface area contributed by atoms with Gasteiger partial charge < -0.3 is 9.47 Å². The number of hydrogen-bond donors (Lipinski definition) is 0. The Hall–Kier alpha value is -1.61. The van der Waals surface area contributed by atoms with Gasteiger partial charge in [0.05, 0.1) is 18.8 Å². The van der Waals surface area contributed by atoms with Crippen molar-refractivity contribution in [3.05, 3.63) is 42.0 Å². The fraction of sp³-hybridized carbons (Fsp3) is 0.308. The van der Waals surface area contributed by atoms with Crippen LogP contribution in [-0.2, 0) is 4.74 Å². The second-order valence-electron chi connectivity index (χ2n) is 3.51. The smallest absolute Gasteiger partial charge is 0.153 e. The molecular formula is C13H16O3. The summed E-state index contributed by atoms with van der Waals surface area (Å²) in [6.45, 7) is 7.09. The number of rotatable bonds is 7. The van der Waals surface area contributed by atoms with Crippen molar-refractivity contribution in [3.63, 3.8) is 0 Å². The number of hydrogen-bond acceptors (Lipinski definition) is 3. The maximum absolute atomic E-state index is 10.7.